The maximum absolute atomic E-state index is 12.9. The molecule has 2 atom stereocenters. The fourth-order valence-corrected chi connectivity index (χ4v) is 4.01. The van der Waals surface area contributed by atoms with E-state index in [1.807, 2.05) is 38.5 Å². The molecule has 0 unspecified atom stereocenters. The molecule has 2 fully saturated rings. The van der Waals surface area contributed by atoms with Crippen molar-refractivity contribution in [3.05, 3.63) is 23.0 Å². The monoisotopic (exact) mass is 331 g/mol. The van der Waals surface area contributed by atoms with Crippen molar-refractivity contribution in [1.82, 2.24) is 14.8 Å². The molecule has 0 radical (unpaired) electrons. The molecule has 3 rings (SSSR count). The smallest absolute Gasteiger partial charge is 0.325 e. The third-order valence-corrected chi connectivity index (χ3v) is 5.88. The lowest BCUT2D eigenvalue weighted by Gasteiger charge is -2.36. The molecule has 1 aromatic rings. The Hall–Kier alpha value is -2.11. The zero-order valence-corrected chi connectivity index (χ0v) is 14.8. The normalized spacial score (nSPS) is 27.0. The Labute approximate surface area is 142 Å². The van der Waals surface area contributed by atoms with Crippen LogP contribution in [-0.4, -0.2) is 39.3 Å². The summed E-state index contributed by atoms with van der Waals surface area (Å²) in [5, 5.41) is 2.89. The molecule has 6 nitrogen and oxygen atoms in total. The number of rotatable bonds is 3. The molecular formula is C18H25N3O3. The average Bonchev–Trinajstić information content (AvgIpc) is 2.93. The van der Waals surface area contributed by atoms with Gasteiger partial charge in [-0.1, -0.05) is 19.8 Å². The van der Waals surface area contributed by atoms with Crippen LogP contribution in [0.1, 0.15) is 54.4 Å². The second-order valence-corrected chi connectivity index (χ2v) is 7.21. The van der Waals surface area contributed by atoms with Crippen LogP contribution in [0.3, 0.4) is 0 Å². The van der Waals surface area contributed by atoms with E-state index in [2.05, 4.69) is 5.32 Å². The standard InChI is InChI=1S/C18H25N3O3/c1-11-7-5-6-8-18(11)16(23)21(17(24)19-18)10-15(22)14-9-12(2)20(4)13(14)3/h9,11H,5-8,10H2,1-4H3,(H,19,24)/t11-,18+/m0/s1. The van der Waals surface area contributed by atoms with Crippen LogP contribution in [0, 0.1) is 19.8 Å². The average molecular weight is 331 g/mol. The van der Waals surface area contributed by atoms with E-state index in [1.165, 1.54) is 0 Å². The van der Waals surface area contributed by atoms with Gasteiger partial charge in [0.25, 0.3) is 5.91 Å². The van der Waals surface area contributed by atoms with Crippen molar-refractivity contribution in [3.8, 4) is 0 Å². The van der Waals surface area contributed by atoms with Crippen molar-refractivity contribution >= 4 is 17.7 Å². The maximum atomic E-state index is 12.9. The molecule has 1 saturated heterocycles. The first kappa shape index (κ1) is 16.7. The summed E-state index contributed by atoms with van der Waals surface area (Å²) < 4.78 is 1.93. The fourth-order valence-electron chi connectivity index (χ4n) is 4.01. The number of hydrogen-bond donors (Lipinski definition) is 1. The number of nitrogens with zero attached hydrogens (tertiary/aromatic N) is 2. The molecule has 1 aliphatic heterocycles. The summed E-state index contributed by atoms with van der Waals surface area (Å²) in [4.78, 5) is 39.0. The van der Waals surface area contributed by atoms with Gasteiger partial charge < -0.3 is 9.88 Å². The predicted octanol–water partition coefficient (Wildman–Crippen LogP) is 2.33. The molecule has 0 aromatic carbocycles. The lowest BCUT2D eigenvalue weighted by molar-refractivity contribution is -0.133. The molecule has 130 valence electrons. The van der Waals surface area contributed by atoms with E-state index < -0.39 is 11.6 Å². The number of Topliss-reactive ketones (excluding diaryl/α,β-unsaturated/α-hetero) is 1. The zero-order chi connectivity index (χ0) is 17.6. The highest BCUT2D eigenvalue weighted by molar-refractivity contribution is 6.11. The first-order valence-electron chi connectivity index (χ1n) is 8.58. The maximum Gasteiger partial charge on any atom is 0.325 e. The lowest BCUT2D eigenvalue weighted by Crippen LogP contribution is -2.54. The minimum atomic E-state index is -0.808. The molecular weight excluding hydrogens is 306 g/mol. The number of amides is 3. The van der Waals surface area contributed by atoms with Gasteiger partial charge in [-0.2, -0.15) is 0 Å². The van der Waals surface area contributed by atoms with Crippen molar-refractivity contribution in [2.45, 2.75) is 52.0 Å². The third kappa shape index (κ3) is 2.36. The van der Waals surface area contributed by atoms with Crippen molar-refractivity contribution in [2.75, 3.05) is 6.54 Å². The summed E-state index contributed by atoms with van der Waals surface area (Å²) in [6.07, 6.45) is 3.58. The number of imide groups is 1. The van der Waals surface area contributed by atoms with Gasteiger partial charge in [0.15, 0.2) is 5.78 Å². The van der Waals surface area contributed by atoms with Gasteiger partial charge in [-0.3, -0.25) is 14.5 Å². The van der Waals surface area contributed by atoms with Crippen molar-refractivity contribution in [3.63, 3.8) is 0 Å². The Bertz CT molecular complexity index is 721. The summed E-state index contributed by atoms with van der Waals surface area (Å²) in [5.41, 5.74) is 1.60. The van der Waals surface area contributed by atoms with Gasteiger partial charge >= 0.3 is 6.03 Å². The molecule has 1 spiro atoms. The summed E-state index contributed by atoms with van der Waals surface area (Å²) >= 11 is 0. The highest BCUT2D eigenvalue weighted by Crippen LogP contribution is 2.38. The SMILES string of the molecule is Cc1cc(C(=O)CN2C(=O)N[C@@]3(CCCC[C@@H]3C)C2=O)c(C)n1C. The quantitative estimate of drug-likeness (QED) is 0.682. The molecule has 6 heteroatoms. The van der Waals surface area contributed by atoms with Gasteiger partial charge in [0, 0.05) is 24.0 Å². The molecule has 1 N–H and O–H groups in total. The van der Waals surface area contributed by atoms with E-state index in [-0.39, 0.29) is 24.2 Å². The van der Waals surface area contributed by atoms with Gasteiger partial charge in [-0.25, -0.2) is 4.79 Å². The van der Waals surface area contributed by atoms with E-state index >= 15 is 0 Å². The van der Waals surface area contributed by atoms with Crippen LogP contribution < -0.4 is 5.32 Å². The second kappa shape index (κ2) is 5.76. The van der Waals surface area contributed by atoms with E-state index in [9.17, 15) is 14.4 Å². The topological polar surface area (TPSA) is 71.4 Å². The van der Waals surface area contributed by atoms with Crippen LogP contribution in [-0.2, 0) is 11.8 Å². The largest absolute Gasteiger partial charge is 0.351 e. The highest BCUT2D eigenvalue weighted by Gasteiger charge is 2.55. The fraction of sp³-hybridized carbons (Fsp3) is 0.611. The minimum absolute atomic E-state index is 0.100. The third-order valence-electron chi connectivity index (χ3n) is 5.88. The van der Waals surface area contributed by atoms with Crippen LogP contribution in [0.2, 0.25) is 0 Å². The summed E-state index contributed by atoms with van der Waals surface area (Å²) in [5.74, 6) is -0.331. The molecule has 1 aromatic heterocycles. The Morgan fingerprint density at radius 2 is 2.04 bits per heavy atom. The number of carbonyl (C=O) groups excluding carboxylic acids is 3. The second-order valence-electron chi connectivity index (χ2n) is 7.21. The Morgan fingerprint density at radius 1 is 1.33 bits per heavy atom. The van der Waals surface area contributed by atoms with Crippen LogP contribution in [0.5, 0.6) is 0 Å². The number of carbonyl (C=O) groups is 3. The molecule has 1 aliphatic carbocycles. The van der Waals surface area contributed by atoms with Crippen molar-refractivity contribution in [1.29, 1.82) is 0 Å². The van der Waals surface area contributed by atoms with Crippen LogP contribution >= 0.6 is 0 Å². The number of urea groups is 1. The van der Waals surface area contributed by atoms with Gasteiger partial charge in [0.05, 0.1) is 6.54 Å². The number of ketones is 1. The highest BCUT2D eigenvalue weighted by atomic mass is 16.2. The van der Waals surface area contributed by atoms with Gasteiger partial charge in [0.1, 0.15) is 5.54 Å². The van der Waals surface area contributed by atoms with Gasteiger partial charge in [0.2, 0.25) is 0 Å². The Kier molecular flexibility index (Phi) is 4.01. The lowest BCUT2D eigenvalue weighted by atomic mass is 9.73. The van der Waals surface area contributed by atoms with E-state index in [0.717, 1.165) is 35.6 Å². The first-order chi connectivity index (χ1) is 11.3. The van der Waals surface area contributed by atoms with Crippen LogP contribution in [0.25, 0.3) is 0 Å². The number of aromatic nitrogens is 1. The minimum Gasteiger partial charge on any atom is -0.351 e. The summed E-state index contributed by atoms with van der Waals surface area (Å²) in [6.45, 7) is 5.61. The zero-order valence-electron chi connectivity index (χ0n) is 14.8. The number of nitrogens with one attached hydrogen (secondary N) is 1. The number of aryl methyl sites for hydroxylation is 1. The number of hydrogen-bond acceptors (Lipinski definition) is 3. The van der Waals surface area contributed by atoms with E-state index in [1.54, 1.807) is 0 Å². The molecule has 1 saturated carbocycles. The van der Waals surface area contributed by atoms with Crippen LogP contribution in [0.15, 0.2) is 6.07 Å². The Morgan fingerprint density at radius 3 is 2.62 bits per heavy atom. The summed E-state index contributed by atoms with van der Waals surface area (Å²) in [6, 6.07) is 1.38. The van der Waals surface area contributed by atoms with E-state index in [0.29, 0.717) is 12.0 Å². The van der Waals surface area contributed by atoms with Crippen molar-refractivity contribution in [2.24, 2.45) is 13.0 Å². The molecule has 2 heterocycles. The van der Waals surface area contributed by atoms with E-state index in [4.69, 9.17) is 0 Å². The van der Waals surface area contributed by atoms with Crippen molar-refractivity contribution < 1.29 is 14.4 Å². The van der Waals surface area contributed by atoms with Gasteiger partial charge in [-0.05, 0) is 38.7 Å². The van der Waals surface area contributed by atoms with Gasteiger partial charge in [-0.15, -0.1) is 0 Å². The predicted molar refractivity (Wildman–Crippen MR) is 89.8 cm³/mol. The Balaban J connectivity index is 1.82. The molecule has 24 heavy (non-hydrogen) atoms. The molecule has 0 bridgehead atoms. The van der Waals surface area contributed by atoms with Crippen LogP contribution in [0.4, 0.5) is 4.79 Å². The first-order valence-corrected chi connectivity index (χ1v) is 8.58. The molecule has 2 aliphatic rings. The molecule has 3 amide bonds. The summed E-state index contributed by atoms with van der Waals surface area (Å²) in [7, 11) is 1.90.